The number of amides is 1. The summed E-state index contributed by atoms with van der Waals surface area (Å²) in [5, 5.41) is 2.80. The third kappa shape index (κ3) is 4.71. The summed E-state index contributed by atoms with van der Waals surface area (Å²) < 4.78 is 37.9. The van der Waals surface area contributed by atoms with Gasteiger partial charge >= 0.3 is 0 Å². The Morgan fingerprint density at radius 1 is 0.966 bits per heavy atom. The molecular weight excluding hydrogens is 392 g/mol. The van der Waals surface area contributed by atoms with Crippen molar-refractivity contribution in [2.24, 2.45) is 0 Å². The fourth-order valence-corrected chi connectivity index (χ4v) is 4.88. The number of carbonyl (C=O) groups excluding carboxylic acids is 1. The van der Waals surface area contributed by atoms with Crippen LogP contribution < -0.4 is 14.8 Å². The summed E-state index contributed by atoms with van der Waals surface area (Å²) in [6.45, 7) is 2.81. The van der Waals surface area contributed by atoms with Crippen LogP contribution in [0.2, 0.25) is 0 Å². The van der Waals surface area contributed by atoms with Crippen LogP contribution in [0, 0.1) is 6.92 Å². The minimum atomic E-state index is -3.62. The first-order valence-electron chi connectivity index (χ1n) is 9.50. The van der Waals surface area contributed by atoms with E-state index in [1.165, 1.54) is 24.6 Å². The van der Waals surface area contributed by atoms with Gasteiger partial charge in [-0.25, -0.2) is 8.42 Å². The zero-order valence-electron chi connectivity index (χ0n) is 16.9. The Morgan fingerprint density at radius 3 is 2.17 bits per heavy atom. The highest BCUT2D eigenvalue weighted by molar-refractivity contribution is 7.89. The number of anilines is 1. The van der Waals surface area contributed by atoms with Crippen molar-refractivity contribution in [2.45, 2.75) is 31.1 Å². The molecule has 7 nitrogen and oxygen atoms in total. The summed E-state index contributed by atoms with van der Waals surface area (Å²) in [5.41, 5.74) is 1.50. The number of hydrogen-bond donors (Lipinski definition) is 1. The molecule has 0 unspecified atom stereocenters. The van der Waals surface area contributed by atoms with Gasteiger partial charge in [0.05, 0.1) is 19.1 Å². The number of piperidine rings is 1. The van der Waals surface area contributed by atoms with E-state index in [1.807, 2.05) is 0 Å². The summed E-state index contributed by atoms with van der Waals surface area (Å²) in [7, 11) is -0.561. The second-order valence-corrected chi connectivity index (χ2v) is 8.93. The quantitative estimate of drug-likeness (QED) is 0.777. The van der Waals surface area contributed by atoms with Gasteiger partial charge in [0, 0.05) is 42.5 Å². The zero-order chi connectivity index (χ0) is 21.0. The maximum atomic E-state index is 13.0. The number of methoxy groups -OCH3 is 2. The van der Waals surface area contributed by atoms with E-state index in [9.17, 15) is 13.2 Å². The minimum absolute atomic E-state index is 0.137. The first-order chi connectivity index (χ1) is 13.8. The van der Waals surface area contributed by atoms with Crippen LogP contribution in [0.4, 0.5) is 5.69 Å². The lowest BCUT2D eigenvalue weighted by Crippen LogP contribution is -2.35. The van der Waals surface area contributed by atoms with Gasteiger partial charge in [0.25, 0.3) is 5.91 Å². The summed E-state index contributed by atoms with van der Waals surface area (Å²) >= 11 is 0. The molecule has 0 radical (unpaired) electrons. The molecule has 1 aliphatic heterocycles. The molecule has 1 saturated heterocycles. The van der Waals surface area contributed by atoms with Crippen LogP contribution in [0.25, 0.3) is 0 Å². The number of hydrogen-bond acceptors (Lipinski definition) is 5. The normalized spacial score (nSPS) is 15.0. The van der Waals surface area contributed by atoms with Crippen LogP contribution in [0.1, 0.15) is 35.2 Å². The number of benzene rings is 2. The maximum Gasteiger partial charge on any atom is 0.255 e. The summed E-state index contributed by atoms with van der Waals surface area (Å²) in [6.07, 6.45) is 2.75. The average molecular weight is 419 g/mol. The SMILES string of the molecule is COc1cc(NC(=O)c2cc(S(=O)(=O)N3CCCCC3)ccc2C)cc(OC)c1. The van der Waals surface area contributed by atoms with Crippen molar-refractivity contribution in [3.05, 3.63) is 47.5 Å². The van der Waals surface area contributed by atoms with Gasteiger partial charge in [-0.15, -0.1) is 0 Å². The third-order valence-electron chi connectivity index (χ3n) is 5.02. The van der Waals surface area contributed by atoms with Gasteiger partial charge in [0.2, 0.25) is 10.0 Å². The number of nitrogens with one attached hydrogen (secondary N) is 1. The fourth-order valence-electron chi connectivity index (χ4n) is 3.34. The zero-order valence-corrected chi connectivity index (χ0v) is 17.7. The van der Waals surface area contributed by atoms with Crippen molar-refractivity contribution >= 4 is 21.6 Å². The van der Waals surface area contributed by atoms with Gasteiger partial charge in [-0.3, -0.25) is 4.79 Å². The molecule has 156 valence electrons. The summed E-state index contributed by atoms with van der Waals surface area (Å²) in [6, 6.07) is 9.72. The molecule has 1 aliphatic rings. The van der Waals surface area contributed by atoms with Crippen LogP contribution in [0.5, 0.6) is 11.5 Å². The van der Waals surface area contributed by atoms with Crippen LogP contribution in [-0.4, -0.2) is 45.9 Å². The van der Waals surface area contributed by atoms with Crippen molar-refractivity contribution in [1.29, 1.82) is 0 Å². The Bertz CT molecular complexity index is 976. The number of nitrogens with zero attached hydrogens (tertiary/aromatic N) is 1. The molecule has 0 saturated carbocycles. The van der Waals surface area contributed by atoms with E-state index in [2.05, 4.69) is 5.32 Å². The van der Waals surface area contributed by atoms with Crippen LogP contribution in [0.3, 0.4) is 0 Å². The predicted octanol–water partition coefficient (Wildman–Crippen LogP) is 3.44. The van der Waals surface area contributed by atoms with Crippen molar-refractivity contribution in [1.82, 2.24) is 4.31 Å². The third-order valence-corrected chi connectivity index (χ3v) is 6.91. The van der Waals surface area contributed by atoms with E-state index < -0.39 is 15.9 Å². The molecule has 1 N–H and O–H groups in total. The molecule has 2 aromatic carbocycles. The van der Waals surface area contributed by atoms with Crippen LogP contribution >= 0.6 is 0 Å². The van der Waals surface area contributed by atoms with E-state index in [1.54, 1.807) is 37.3 Å². The molecule has 1 amide bonds. The largest absolute Gasteiger partial charge is 0.497 e. The lowest BCUT2D eigenvalue weighted by molar-refractivity contribution is 0.102. The van der Waals surface area contributed by atoms with E-state index >= 15 is 0 Å². The average Bonchev–Trinajstić information content (AvgIpc) is 2.74. The number of rotatable bonds is 6. The Balaban J connectivity index is 1.89. The van der Waals surface area contributed by atoms with Gasteiger partial charge in [-0.2, -0.15) is 4.31 Å². The predicted molar refractivity (Wildman–Crippen MR) is 111 cm³/mol. The summed E-state index contributed by atoms with van der Waals surface area (Å²) in [4.78, 5) is 13.0. The molecule has 29 heavy (non-hydrogen) atoms. The first-order valence-corrected chi connectivity index (χ1v) is 10.9. The van der Waals surface area contributed by atoms with Gasteiger partial charge < -0.3 is 14.8 Å². The summed E-state index contributed by atoms with van der Waals surface area (Å²) in [5.74, 6) is 0.684. The molecule has 0 aliphatic carbocycles. The molecule has 1 fully saturated rings. The lowest BCUT2D eigenvalue weighted by atomic mass is 10.1. The number of sulfonamides is 1. The topological polar surface area (TPSA) is 84.9 Å². The van der Waals surface area contributed by atoms with E-state index in [4.69, 9.17) is 9.47 Å². The minimum Gasteiger partial charge on any atom is -0.497 e. The van der Waals surface area contributed by atoms with Crippen molar-refractivity contribution < 1.29 is 22.7 Å². The second kappa shape index (κ2) is 8.84. The van der Waals surface area contributed by atoms with Crippen LogP contribution in [-0.2, 0) is 10.0 Å². The standard InChI is InChI=1S/C21H26N2O5S/c1-15-7-8-19(29(25,26)23-9-5-4-6-10-23)14-20(15)21(24)22-16-11-17(27-2)13-18(12-16)28-3/h7-8,11-14H,4-6,9-10H2,1-3H3,(H,22,24). The van der Waals surface area contributed by atoms with Gasteiger partial charge in [0.15, 0.2) is 0 Å². The smallest absolute Gasteiger partial charge is 0.255 e. The molecule has 0 spiro atoms. The van der Waals surface area contributed by atoms with E-state index in [0.717, 1.165) is 19.3 Å². The highest BCUT2D eigenvalue weighted by Gasteiger charge is 2.27. The number of aryl methyl sites for hydroxylation is 1. The Morgan fingerprint density at radius 2 is 1.59 bits per heavy atom. The highest BCUT2D eigenvalue weighted by Crippen LogP contribution is 2.27. The fraction of sp³-hybridized carbons (Fsp3) is 0.381. The lowest BCUT2D eigenvalue weighted by Gasteiger charge is -2.26. The Labute approximate surface area is 171 Å². The van der Waals surface area contributed by atoms with E-state index in [-0.39, 0.29) is 4.90 Å². The number of carbonyl (C=O) groups is 1. The van der Waals surface area contributed by atoms with Crippen LogP contribution in [0.15, 0.2) is 41.3 Å². The monoisotopic (exact) mass is 418 g/mol. The molecule has 8 heteroatoms. The molecule has 1 heterocycles. The molecule has 0 atom stereocenters. The highest BCUT2D eigenvalue weighted by atomic mass is 32.2. The first kappa shape index (κ1) is 21.1. The van der Waals surface area contributed by atoms with Crippen molar-refractivity contribution in [3.8, 4) is 11.5 Å². The molecule has 0 bridgehead atoms. The maximum absolute atomic E-state index is 13.0. The van der Waals surface area contributed by atoms with Gasteiger partial charge in [-0.1, -0.05) is 12.5 Å². The van der Waals surface area contributed by atoms with E-state index in [0.29, 0.717) is 41.4 Å². The van der Waals surface area contributed by atoms with Crippen molar-refractivity contribution in [3.63, 3.8) is 0 Å². The molecule has 3 rings (SSSR count). The Hall–Kier alpha value is -2.58. The molecule has 0 aromatic heterocycles. The molecular formula is C21H26N2O5S. The second-order valence-electron chi connectivity index (χ2n) is 7.00. The number of ether oxygens (including phenoxy) is 2. The van der Waals surface area contributed by atoms with Gasteiger partial charge in [0.1, 0.15) is 11.5 Å². The molecule has 2 aromatic rings. The van der Waals surface area contributed by atoms with Gasteiger partial charge in [-0.05, 0) is 37.5 Å². The van der Waals surface area contributed by atoms with Crippen molar-refractivity contribution in [2.75, 3.05) is 32.6 Å². The Kier molecular flexibility index (Phi) is 6.44.